The largest absolute Gasteiger partial charge is 0.465 e. The molecule has 0 aliphatic heterocycles. The number of nitrogens with zero attached hydrogens (tertiary/aromatic N) is 2. The summed E-state index contributed by atoms with van der Waals surface area (Å²) in [6, 6.07) is 17.3. The minimum atomic E-state index is -4.24. The molecule has 1 aromatic heterocycles. The molecule has 1 N–H and O–H groups in total. The lowest BCUT2D eigenvalue weighted by atomic mass is 9.84. The fraction of sp³-hybridized carbons (Fsp3) is 0.185. The van der Waals surface area contributed by atoms with Crippen molar-refractivity contribution in [3.63, 3.8) is 0 Å². The van der Waals surface area contributed by atoms with E-state index in [0.717, 1.165) is 3.97 Å². The van der Waals surface area contributed by atoms with E-state index in [2.05, 4.69) is 5.32 Å². The Morgan fingerprint density at radius 2 is 1.74 bits per heavy atom. The van der Waals surface area contributed by atoms with Crippen molar-refractivity contribution in [2.75, 3.05) is 11.9 Å². The predicted molar refractivity (Wildman–Crippen MR) is 147 cm³/mol. The van der Waals surface area contributed by atoms with Crippen LogP contribution in [-0.4, -0.2) is 35.8 Å². The summed E-state index contributed by atoms with van der Waals surface area (Å²) < 4.78 is 33.2. The third kappa shape index (κ3) is 5.23. The van der Waals surface area contributed by atoms with Crippen LogP contribution in [0.5, 0.6) is 0 Å². The molecule has 1 heterocycles. The third-order valence-corrected chi connectivity index (χ3v) is 8.16. The second kappa shape index (κ2) is 10.5. The molecule has 0 atom stereocenters. The number of rotatable bonds is 8. The van der Waals surface area contributed by atoms with Gasteiger partial charge in [-0.25, -0.2) is 12.4 Å². The van der Waals surface area contributed by atoms with E-state index < -0.39 is 37.9 Å². The molecule has 10 nitrogen and oxygen atoms in total. The van der Waals surface area contributed by atoms with Crippen molar-refractivity contribution >= 4 is 55.8 Å². The van der Waals surface area contributed by atoms with Crippen LogP contribution in [0.2, 0.25) is 5.02 Å². The van der Waals surface area contributed by atoms with Crippen molar-refractivity contribution in [1.82, 2.24) is 3.97 Å². The van der Waals surface area contributed by atoms with Gasteiger partial charge in [-0.2, -0.15) is 0 Å². The van der Waals surface area contributed by atoms with Gasteiger partial charge in [0.05, 0.1) is 27.4 Å². The van der Waals surface area contributed by atoms with E-state index in [1.807, 2.05) is 0 Å². The highest BCUT2D eigenvalue weighted by Gasteiger charge is 2.34. The number of hydrogen-bond acceptors (Lipinski definition) is 7. The smallest absolute Gasteiger partial charge is 0.315 e. The van der Waals surface area contributed by atoms with Crippen LogP contribution in [0.25, 0.3) is 10.9 Å². The minimum absolute atomic E-state index is 0.0527. The number of hydrogen-bond donors (Lipinski definition) is 1. The number of carbonyl (C=O) groups is 2. The average Bonchev–Trinajstić information content (AvgIpc) is 3.29. The molecule has 39 heavy (non-hydrogen) atoms. The number of esters is 1. The van der Waals surface area contributed by atoms with Crippen LogP contribution in [0.3, 0.4) is 0 Å². The van der Waals surface area contributed by atoms with Crippen LogP contribution >= 0.6 is 11.6 Å². The molecule has 0 radical (unpaired) electrons. The summed E-state index contributed by atoms with van der Waals surface area (Å²) >= 11 is 6.10. The first-order valence-corrected chi connectivity index (χ1v) is 13.6. The zero-order valence-electron chi connectivity index (χ0n) is 21.2. The number of nitro benzene ring substituents is 1. The van der Waals surface area contributed by atoms with Gasteiger partial charge >= 0.3 is 5.97 Å². The Hall–Kier alpha value is -4.22. The van der Waals surface area contributed by atoms with Crippen molar-refractivity contribution in [3.05, 3.63) is 99.2 Å². The Bertz CT molecular complexity index is 1710. The highest BCUT2D eigenvalue weighted by atomic mass is 35.5. The molecule has 12 heteroatoms. The zero-order chi connectivity index (χ0) is 28.5. The number of nitro groups is 1. The van der Waals surface area contributed by atoms with E-state index in [-0.39, 0.29) is 28.4 Å². The third-order valence-electron chi connectivity index (χ3n) is 6.18. The van der Waals surface area contributed by atoms with Gasteiger partial charge in [0.25, 0.3) is 21.6 Å². The van der Waals surface area contributed by atoms with Gasteiger partial charge in [0.15, 0.2) is 0 Å². The van der Waals surface area contributed by atoms with Crippen LogP contribution in [0.15, 0.2) is 77.7 Å². The summed E-state index contributed by atoms with van der Waals surface area (Å²) in [4.78, 5) is 37.1. The maximum Gasteiger partial charge on any atom is 0.315 e. The first kappa shape index (κ1) is 27.8. The molecule has 0 aliphatic carbocycles. The van der Waals surface area contributed by atoms with Gasteiger partial charge < -0.3 is 10.1 Å². The second-order valence-electron chi connectivity index (χ2n) is 9.10. The van der Waals surface area contributed by atoms with Crippen LogP contribution in [0.1, 0.15) is 36.8 Å². The summed E-state index contributed by atoms with van der Waals surface area (Å²) in [6.07, 6.45) is 0. The maximum absolute atomic E-state index is 13.6. The zero-order valence-corrected chi connectivity index (χ0v) is 22.7. The quantitative estimate of drug-likeness (QED) is 0.167. The van der Waals surface area contributed by atoms with Gasteiger partial charge in [0, 0.05) is 16.5 Å². The first-order chi connectivity index (χ1) is 18.4. The van der Waals surface area contributed by atoms with E-state index in [1.54, 1.807) is 39.0 Å². The maximum atomic E-state index is 13.6. The lowest BCUT2D eigenvalue weighted by Gasteiger charge is -2.23. The number of halogens is 1. The Balaban J connectivity index is 1.81. The number of fused-ring (bicyclic) bond motifs is 1. The first-order valence-electron chi connectivity index (χ1n) is 11.8. The van der Waals surface area contributed by atoms with Gasteiger partial charge in [-0.05, 0) is 68.8 Å². The second-order valence-corrected chi connectivity index (χ2v) is 11.3. The lowest BCUT2D eigenvalue weighted by molar-refractivity contribution is -0.384. The molecule has 0 unspecified atom stereocenters. The molecule has 3 aromatic carbocycles. The number of aromatic nitrogens is 1. The minimum Gasteiger partial charge on any atom is -0.465 e. The van der Waals surface area contributed by atoms with Crippen LogP contribution in [0.4, 0.5) is 11.4 Å². The summed E-state index contributed by atoms with van der Waals surface area (Å²) in [5.74, 6) is -1.47. The summed E-state index contributed by atoms with van der Waals surface area (Å²) in [6.45, 7) is 4.94. The van der Waals surface area contributed by atoms with Gasteiger partial charge in [0.2, 0.25) is 0 Å². The molecule has 0 bridgehead atoms. The van der Waals surface area contributed by atoms with E-state index >= 15 is 0 Å². The number of amides is 1. The highest BCUT2D eigenvalue weighted by Crippen LogP contribution is 2.34. The van der Waals surface area contributed by atoms with Crippen molar-refractivity contribution in [2.45, 2.75) is 31.1 Å². The number of anilines is 1. The molecule has 0 saturated heterocycles. The fourth-order valence-electron chi connectivity index (χ4n) is 4.07. The molecule has 202 valence electrons. The van der Waals surface area contributed by atoms with E-state index in [4.69, 9.17) is 16.3 Å². The monoisotopic (exact) mass is 569 g/mol. The van der Waals surface area contributed by atoms with Gasteiger partial charge in [-0.3, -0.25) is 19.7 Å². The van der Waals surface area contributed by atoms with Crippen LogP contribution in [-0.2, 0) is 25.0 Å². The van der Waals surface area contributed by atoms with E-state index in [0.29, 0.717) is 16.0 Å². The molecule has 0 saturated carbocycles. The van der Waals surface area contributed by atoms with Crippen molar-refractivity contribution < 1.29 is 27.7 Å². The Morgan fingerprint density at radius 1 is 1.05 bits per heavy atom. The Kier molecular flexibility index (Phi) is 7.49. The lowest BCUT2D eigenvalue weighted by Crippen LogP contribution is -2.31. The SMILES string of the molecule is CCOC(=O)C(C)(C)c1ccc(NC(=O)c2cc3cc(Cl)ccc3n2S(=O)(=O)c2ccccc2)c([N+](=O)[O-])c1. The van der Waals surface area contributed by atoms with Crippen LogP contribution in [0, 0.1) is 10.1 Å². The molecule has 1 amide bonds. The Morgan fingerprint density at radius 3 is 2.38 bits per heavy atom. The van der Waals surface area contributed by atoms with E-state index in [1.165, 1.54) is 54.6 Å². The average molecular weight is 570 g/mol. The normalized spacial score (nSPS) is 11.8. The molecule has 0 aliphatic rings. The fourth-order valence-corrected chi connectivity index (χ4v) is 5.78. The van der Waals surface area contributed by atoms with E-state index in [9.17, 15) is 28.1 Å². The Labute approximate surface area is 229 Å². The van der Waals surface area contributed by atoms with Gasteiger partial charge in [-0.1, -0.05) is 35.9 Å². The van der Waals surface area contributed by atoms with Gasteiger partial charge in [0.1, 0.15) is 11.4 Å². The topological polar surface area (TPSA) is 138 Å². The molecular weight excluding hydrogens is 546 g/mol. The molecule has 4 rings (SSSR count). The van der Waals surface area contributed by atoms with Crippen LogP contribution < -0.4 is 5.32 Å². The standard InChI is InChI=1S/C27H24ClN3O7S/c1-4-38-26(33)27(2,3)18-10-12-21(23(16-18)31(34)35)29-25(32)24-15-17-14-19(28)11-13-22(17)30(24)39(36,37)20-8-6-5-7-9-20/h5-16H,4H2,1-3H3,(H,29,32). The number of nitrogens with one attached hydrogen (secondary N) is 1. The van der Waals surface area contributed by atoms with Crippen molar-refractivity contribution in [3.8, 4) is 0 Å². The predicted octanol–water partition coefficient (Wildman–Crippen LogP) is 5.53. The number of carbonyl (C=O) groups excluding carboxylic acids is 2. The number of ether oxygens (including phenoxy) is 1. The summed E-state index contributed by atoms with van der Waals surface area (Å²) in [5.41, 5.74) is -1.62. The summed E-state index contributed by atoms with van der Waals surface area (Å²) in [5, 5.41) is 15.1. The molecule has 0 fully saturated rings. The highest BCUT2D eigenvalue weighted by molar-refractivity contribution is 7.90. The van der Waals surface area contributed by atoms with Crippen molar-refractivity contribution in [2.24, 2.45) is 0 Å². The molecule has 4 aromatic rings. The summed E-state index contributed by atoms with van der Waals surface area (Å²) in [7, 11) is -4.24. The van der Waals surface area contributed by atoms with Crippen molar-refractivity contribution in [1.29, 1.82) is 0 Å². The molecule has 0 spiro atoms. The van der Waals surface area contributed by atoms with Gasteiger partial charge in [-0.15, -0.1) is 0 Å². The molecular formula is C27H24ClN3O7S. The number of benzene rings is 3.